The van der Waals surface area contributed by atoms with Crippen LogP contribution in [0, 0.1) is 0 Å². The molecule has 1 heterocycles. The van der Waals surface area contributed by atoms with Gasteiger partial charge in [-0.05, 0) is 51.7 Å². The number of rotatable bonds is 8. The van der Waals surface area contributed by atoms with Crippen LogP contribution in [0.4, 0.5) is 0 Å². The fourth-order valence-corrected chi connectivity index (χ4v) is 2.94. The molecule has 1 fully saturated rings. The van der Waals surface area contributed by atoms with Crippen LogP contribution in [-0.2, 0) is 27.4 Å². The summed E-state index contributed by atoms with van der Waals surface area (Å²) in [7, 11) is 0. The lowest BCUT2D eigenvalue weighted by Gasteiger charge is -2.22. The fraction of sp³-hybridized carbons (Fsp3) is 0.636. The van der Waals surface area contributed by atoms with Gasteiger partial charge in [0, 0.05) is 25.3 Å². The predicted octanol–water partition coefficient (Wildman–Crippen LogP) is 2.35. The van der Waals surface area contributed by atoms with Crippen molar-refractivity contribution in [2.24, 2.45) is 4.99 Å². The van der Waals surface area contributed by atoms with E-state index in [4.69, 9.17) is 9.47 Å². The monoisotopic (exact) mass is 404 g/mol. The molecule has 162 valence electrons. The second-order valence-corrected chi connectivity index (χ2v) is 8.29. The second kappa shape index (κ2) is 11.8. The van der Waals surface area contributed by atoms with Crippen LogP contribution in [0.15, 0.2) is 29.3 Å². The number of hydrogen-bond donors (Lipinski definition) is 3. The molecule has 0 atom stereocenters. The zero-order chi connectivity index (χ0) is 21.1. The van der Waals surface area contributed by atoms with E-state index >= 15 is 0 Å². The Bertz CT molecular complexity index is 647. The molecule has 0 saturated carbocycles. The van der Waals surface area contributed by atoms with Gasteiger partial charge in [-0.3, -0.25) is 4.79 Å². The van der Waals surface area contributed by atoms with E-state index in [2.05, 4.69) is 45.2 Å². The van der Waals surface area contributed by atoms with Crippen LogP contribution < -0.4 is 16.0 Å². The van der Waals surface area contributed by atoms with E-state index < -0.39 is 0 Å². The van der Waals surface area contributed by atoms with E-state index in [9.17, 15) is 4.79 Å². The number of hydrogen-bond acceptors (Lipinski definition) is 4. The van der Waals surface area contributed by atoms with Gasteiger partial charge in [0.1, 0.15) is 0 Å². The molecule has 0 spiro atoms. The predicted molar refractivity (Wildman–Crippen MR) is 116 cm³/mol. The summed E-state index contributed by atoms with van der Waals surface area (Å²) in [5.41, 5.74) is 2.02. The first-order valence-corrected chi connectivity index (χ1v) is 10.5. The third-order valence-electron chi connectivity index (χ3n) is 4.37. The maximum atomic E-state index is 12.0. The number of guanidine groups is 1. The molecule has 1 aromatic rings. The van der Waals surface area contributed by atoms with Gasteiger partial charge in [-0.1, -0.05) is 24.3 Å². The smallest absolute Gasteiger partial charge is 0.239 e. The quantitative estimate of drug-likeness (QED) is 0.458. The van der Waals surface area contributed by atoms with Crippen molar-refractivity contribution in [3.63, 3.8) is 0 Å². The highest BCUT2D eigenvalue weighted by molar-refractivity contribution is 5.86. The van der Waals surface area contributed by atoms with E-state index in [1.54, 1.807) is 0 Å². The summed E-state index contributed by atoms with van der Waals surface area (Å²) in [4.78, 5) is 16.6. The normalized spacial score (nSPS) is 15.8. The summed E-state index contributed by atoms with van der Waals surface area (Å²) in [6.45, 7) is 11.6. The molecule has 1 aliphatic heterocycles. The Hall–Kier alpha value is -2.12. The van der Waals surface area contributed by atoms with Crippen molar-refractivity contribution >= 4 is 11.9 Å². The number of aliphatic imine (C=N–C) groups is 1. The third kappa shape index (κ3) is 9.76. The lowest BCUT2D eigenvalue weighted by Crippen LogP contribution is -2.48. The standard InChI is InChI=1S/C22H36N4O3/c1-5-23-21(25-15-20(27)26-22(2,3)4)24-14-17-6-8-18(9-7-17)16-29-19-10-12-28-13-11-19/h6-9,19H,5,10-16H2,1-4H3,(H,26,27)(H2,23,24,25). The summed E-state index contributed by atoms with van der Waals surface area (Å²) in [5.74, 6) is 0.570. The molecule has 1 saturated heterocycles. The van der Waals surface area contributed by atoms with Crippen molar-refractivity contribution in [3.05, 3.63) is 35.4 Å². The van der Waals surface area contributed by atoms with Gasteiger partial charge in [0.15, 0.2) is 5.96 Å². The minimum atomic E-state index is -0.246. The number of benzene rings is 1. The molecule has 7 heteroatoms. The highest BCUT2D eigenvalue weighted by Crippen LogP contribution is 2.14. The summed E-state index contributed by atoms with van der Waals surface area (Å²) >= 11 is 0. The van der Waals surface area contributed by atoms with E-state index in [0.717, 1.165) is 43.7 Å². The fourth-order valence-electron chi connectivity index (χ4n) is 2.94. The van der Waals surface area contributed by atoms with Gasteiger partial charge in [-0.2, -0.15) is 0 Å². The van der Waals surface area contributed by atoms with Gasteiger partial charge in [0.05, 0.1) is 25.8 Å². The van der Waals surface area contributed by atoms with Gasteiger partial charge in [-0.15, -0.1) is 0 Å². The molecule has 29 heavy (non-hydrogen) atoms. The summed E-state index contributed by atoms with van der Waals surface area (Å²) < 4.78 is 11.3. The lowest BCUT2D eigenvalue weighted by atomic mass is 10.1. The Labute approximate surface area is 174 Å². The summed E-state index contributed by atoms with van der Waals surface area (Å²) in [6, 6.07) is 8.31. The molecule has 1 aromatic carbocycles. The Kier molecular flexibility index (Phi) is 9.41. The minimum Gasteiger partial charge on any atom is -0.381 e. The molecular formula is C22H36N4O3. The number of carbonyl (C=O) groups is 1. The molecule has 7 nitrogen and oxygen atoms in total. The van der Waals surface area contributed by atoms with Crippen molar-refractivity contribution in [1.82, 2.24) is 16.0 Å². The van der Waals surface area contributed by atoms with E-state index in [1.165, 1.54) is 0 Å². The highest BCUT2D eigenvalue weighted by atomic mass is 16.5. The van der Waals surface area contributed by atoms with Crippen LogP contribution in [0.2, 0.25) is 0 Å². The van der Waals surface area contributed by atoms with Crippen molar-refractivity contribution in [3.8, 4) is 0 Å². The molecule has 0 radical (unpaired) electrons. The van der Waals surface area contributed by atoms with Crippen LogP contribution >= 0.6 is 0 Å². The molecule has 0 unspecified atom stereocenters. The SMILES string of the molecule is CCNC(=NCc1ccc(COC2CCOCC2)cc1)NCC(=O)NC(C)(C)C. The van der Waals surface area contributed by atoms with E-state index in [-0.39, 0.29) is 18.0 Å². The Morgan fingerprint density at radius 3 is 2.41 bits per heavy atom. The first-order valence-electron chi connectivity index (χ1n) is 10.5. The second-order valence-electron chi connectivity index (χ2n) is 8.29. The van der Waals surface area contributed by atoms with Crippen molar-refractivity contribution in [2.75, 3.05) is 26.3 Å². The van der Waals surface area contributed by atoms with Crippen LogP contribution in [0.25, 0.3) is 0 Å². The topological polar surface area (TPSA) is 84.0 Å². The number of carbonyl (C=O) groups excluding carboxylic acids is 1. The van der Waals surface area contributed by atoms with Crippen molar-refractivity contribution < 1.29 is 14.3 Å². The Morgan fingerprint density at radius 1 is 1.14 bits per heavy atom. The molecule has 3 N–H and O–H groups in total. The maximum absolute atomic E-state index is 12.0. The molecule has 1 aliphatic rings. The zero-order valence-electron chi connectivity index (χ0n) is 18.2. The van der Waals surface area contributed by atoms with Gasteiger partial charge in [-0.25, -0.2) is 4.99 Å². The average Bonchev–Trinajstić information content (AvgIpc) is 2.69. The highest BCUT2D eigenvalue weighted by Gasteiger charge is 2.14. The van der Waals surface area contributed by atoms with Gasteiger partial charge in [0.25, 0.3) is 0 Å². The van der Waals surface area contributed by atoms with Crippen molar-refractivity contribution in [1.29, 1.82) is 0 Å². The summed E-state index contributed by atoms with van der Waals surface area (Å²) in [5, 5.41) is 9.17. The maximum Gasteiger partial charge on any atom is 0.239 e. The summed E-state index contributed by atoms with van der Waals surface area (Å²) in [6.07, 6.45) is 2.25. The van der Waals surface area contributed by atoms with Crippen LogP contribution in [0.3, 0.4) is 0 Å². The molecule has 1 amide bonds. The van der Waals surface area contributed by atoms with E-state index in [1.807, 2.05) is 27.7 Å². The third-order valence-corrected chi connectivity index (χ3v) is 4.37. The molecule has 0 aromatic heterocycles. The van der Waals surface area contributed by atoms with Crippen LogP contribution in [0.5, 0.6) is 0 Å². The molecule has 0 bridgehead atoms. The largest absolute Gasteiger partial charge is 0.381 e. The lowest BCUT2D eigenvalue weighted by molar-refractivity contribution is -0.121. The van der Waals surface area contributed by atoms with E-state index in [0.29, 0.717) is 25.2 Å². The zero-order valence-corrected chi connectivity index (χ0v) is 18.2. The van der Waals surface area contributed by atoms with Crippen LogP contribution in [0.1, 0.15) is 51.7 Å². The first-order chi connectivity index (χ1) is 13.9. The number of nitrogens with zero attached hydrogens (tertiary/aromatic N) is 1. The minimum absolute atomic E-state index is 0.0583. The molecule has 0 aliphatic carbocycles. The van der Waals surface area contributed by atoms with Crippen molar-refractivity contribution in [2.45, 2.75) is 65.3 Å². The first kappa shape index (κ1) is 23.2. The average molecular weight is 405 g/mol. The Balaban J connectivity index is 1.80. The number of ether oxygens (including phenoxy) is 2. The van der Waals surface area contributed by atoms with Gasteiger partial charge in [0.2, 0.25) is 5.91 Å². The number of amides is 1. The molecule has 2 rings (SSSR count). The Morgan fingerprint density at radius 2 is 1.79 bits per heavy atom. The molecular weight excluding hydrogens is 368 g/mol. The van der Waals surface area contributed by atoms with Crippen LogP contribution in [-0.4, -0.2) is 49.8 Å². The number of nitrogens with one attached hydrogen (secondary N) is 3. The van der Waals surface area contributed by atoms with Gasteiger partial charge >= 0.3 is 0 Å². The van der Waals surface area contributed by atoms with Gasteiger partial charge < -0.3 is 25.4 Å².